The fraction of sp³-hybridized carbons (Fsp3) is 0.904. The summed E-state index contributed by atoms with van der Waals surface area (Å²) in [5.74, 6) is -0.844. The Morgan fingerprint density at radius 1 is 0.241 bits per heavy atom. The number of ether oxygens (including phenoxy) is 3. The van der Waals surface area contributed by atoms with E-state index in [0.29, 0.717) is 19.3 Å². The molecular weight excluding hydrogens is 973 g/mol. The summed E-state index contributed by atoms with van der Waals surface area (Å²) in [5, 5.41) is 0. The Hall–Kier alpha value is -2.11. The summed E-state index contributed by atoms with van der Waals surface area (Å²) in [4.78, 5) is 38.4. The molecule has 0 spiro atoms. The lowest BCUT2D eigenvalue weighted by Crippen LogP contribution is -2.30. The molecule has 466 valence electrons. The molecule has 79 heavy (non-hydrogen) atoms. The van der Waals surface area contributed by atoms with E-state index in [1.54, 1.807) is 0 Å². The van der Waals surface area contributed by atoms with Gasteiger partial charge in [-0.3, -0.25) is 14.4 Å². The second-order valence-corrected chi connectivity index (χ2v) is 24.5. The molecule has 0 aliphatic rings. The van der Waals surface area contributed by atoms with Gasteiger partial charge in [0.2, 0.25) is 0 Å². The molecule has 0 aromatic heterocycles. The number of allylic oxidation sites excluding steroid dienone is 4. The van der Waals surface area contributed by atoms with Crippen LogP contribution in [0.4, 0.5) is 0 Å². The van der Waals surface area contributed by atoms with Crippen LogP contribution in [-0.2, 0) is 28.6 Å². The predicted molar refractivity (Wildman–Crippen MR) is 344 cm³/mol. The van der Waals surface area contributed by atoms with Gasteiger partial charge in [0.05, 0.1) is 0 Å². The molecule has 0 heterocycles. The molecule has 6 nitrogen and oxygen atoms in total. The van der Waals surface area contributed by atoms with Gasteiger partial charge in [-0.05, 0) is 70.6 Å². The van der Waals surface area contributed by atoms with Crippen molar-refractivity contribution in [1.29, 1.82) is 0 Å². The van der Waals surface area contributed by atoms with Crippen LogP contribution in [0, 0.1) is 0 Å². The van der Waals surface area contributed by atoms with Gasteiger partial charge in [0, 0.05) is 19.3 Å². The summed E-state index contributed by atoms with van der Waals surface area (Å²) in [6.45, 7) is 6.71. The van der Waals surface area contributed by atoms with Crippen molar-refractivity contribution in [2.45, 2.75) is 412 Å². The van der Waals surface area contributed by atoms with Crippen molar-refractivity contribution in [3.05, 3.63) is 24.3 Å². The van der Waals surface area contributed by atoms with Crippen molar-refractivity contribution in [2.24, 2.45) is 0 Å². The quantitative estimate of drug-likeness (QED) is 0.0261. The second-order valence-electron chi connectivity index (χ2n) is 24.5. The Balaban J connectivity index is 4.21. The second kappa shape index (κ2) is 68.4. The smallest absolute Gasteiger partial charge is 0.306 e. The Morgan fingerprint density at radius 2 is 0.418 bits per heavy atom. The van der Waals surface area contributed by atoms with Gasteiger partial charge < -0.3 is 14.2 Å². The average molecular weight is 1110 g/mol. The Bertz CT molecular complexity index is 1270. The van der Waals surface area contributed by atoms with Gasteiger partial charge in [-0.2, -0.15) is 0 Å². The van der Waals surface area contributed by atoms with Gasteiger partial charge in [0.25, 0.3) is 0 Å². The third-order valence-corrected chi connectivity index (χ3v) is 16.4. The largest absolute Gasteiger partial charge is 0.462 e. The van der Waals surface area contributed by atoms with Gasteiger partial charge in [0.15, 0.2) is 6.10 Å². The normalized spacial score (nSPS) is 12.1. The number of esters is 3. The van der Waals surface area contributed by atoms with Crippen molar-refractivity contribution < 1.29 is 28.6 Å². The number of hydrogen-bond acceptors (Lipinski definition) is 6. The van der Waals surface area contributed by atoms with Crippen molar-refractivity contribution in [1.82, 2.24) is 0 Å². The fourth-order valence-corrected chi connectivity index (χ4v) is 11.0. The van der Waals surface area contributed by atoms with E-state index in [1.165, 1.54) is 302 Å². The first kappa shape index (κ1) is 76.9. The SMILES string of the molecule is CCCCCCC/C=C\CCCCCCCC(=O)OCC(COC(=O)CCCCCCCCCCCCCCCCC/C=C\CCCCCCCCCC)OC(=O)CCCCCCCCCCCCCCCCCCCCCC. The van der Waals surface area contributed by atoms with E-state index in [2.05, 4.69) is 45.1 Å². The van der Waals surface area contributed by atoms with Gasteiger partial charge in [-0.1, -0.05) is 340 Å². The maximum atomic E-state index is 12.9. The van der Waals surface area contributed by atoms with Crippen LogP contribution in [-0.4, -0.2) is 37.2 Å². The minimum atomic E-state index is -0.772. The van der Waals surface area contributed by atoms with Crippen molar-refractivity contribution >= 4 is 17.9 Å². The summed E-state index contributed by atoms with van der Waals surface area (Å²) in [7, 11) is 0. The zero-order valence-corrected chi connectivity index (χ0v) is 53.7. The zero-order chi connectivity index (χ0) is 57.1. The summed E-state index contributed by atoms with van der Waals surface area (Å²) >= 11 is 0. The fourth-order valence-electron chi connectivity index (χ4n) is 11.0. The Morgan fingerprint density at radius 3 is 0.633 bits per heavy atom. The molecule has 0 saturated heterocycles. The highest BCUT2D eigenvalue weighted by molar-refractivity contribution is 5.71. The predicted octanol–water partition coefficient (Wildman–Crippen LogP) is 24.6. The van der Waals surface area contributed by atoms with Crippen molar-refractivity contribution in [3.8, 4) is 0 Å². The maximum Gasteiger partial charge on any atom is 0.306 e. The first-order valence-electron chi connectivity index (χ1n) is 35.8. The van der Waals surface area contributed by atoms with Gasteiger partial charge in [-0.25, -0.2) is 0 Å². The Labute approximate surface area is 493 Å². The summed E-state index contributed by atoms with van der Waals surface area (Å²) in [6.07, 6.45) is 83.5. The number of rotatable bonds is 67. The molecule has 0 aromatic carbocycles. The van der Waals surface area contributed by atoms with Crippen molar-refractivity contribution in [3.63, 3.8) is 0 Å². The van der Waals surface area contributed by atoms with Crippen LogP contribution in [0.15, 0.2) is 24.3 Å². The number of carbonyl (C=O) groups is 3. The molecule has 0 fully saturated rings. The van der Waals surface area contributed by atoms with Crippen molar-refractivity contribution in [2.75, 3.05) is 13.2 Å². The van der Waals surface area contributed by atoms with E-state index in [0.717, 1.165) is 64.2 Å². The average Bonchev–Trinajstić information content (AvgIpc) is 3.45. The van der Waals surface area contributed by atoms with E-state index < -0.39 is 6.10 Å². The lowest BCUT2D eigenvalue weighted by atomic mass is 10.0. The summed E-state index contributed by atoms with van der Waals surface area (Å²) in [5.41, 5.74) is 0. The minimum Gasteiger partial charge on any atom is -0.462 e. The third-order valence-electron chi connectivity index (χ3n) is 16.4. The lowest BCUT2D eigenvalue weighted by molar-refractivity contribution is -0.167. The molecule has 0 radical (unpaired) electrons. The number of hydrogen-bond donors (Lipinski definition) is 0. The van der Waals surface area contributed by atoms with Gasteiger partial charge in [0.1, 0.15) is 13.2 Å². The first-order valence-corrected chi connectivity index (χ1v) is 35.8. The first-order chi connectivity index (χ1) is 39.0. The molecule has 0 bridgehead atoms. The van der Waals surface area contributed by atoms with Crippen LogP contribution in [0.2, 0.25) is 0 Å². The van der Waals surface area contributed by atoms with E-state index in [-0.39, 0.29) is 31.1 Å². The molecule has 1 atom stereocenters. The monoisotopic (exact) mass is 1110 g/mol. The zero-order valence-electron chi connectivity index (χ0n) is 53.7. The van der Waals surface area contributed by atoms with Crippen LogP contribution >= 0.6 is 0 Å². The molecule has 0 saturated carbocycles. The van der Waals surface area contributed by atoms with Crippen LogP contribution < -0.4 is 0 Å². The van der Waals surface area contributed by atoms with Gasteiger partial charge >= 0.3 is 17.9 Å². The lowest BCUT2D eigenvalue weighted by Gasteiger charge is -2.18. The van der Waals surface area contributed by atoms with E-state index in [9.17, 15) is 14.4 Å². The molecule has 6 heteroatoms. The van der Waals surface area contributed by atoms with Crippen LogP contribution in [0.1, 0.15) is 406 Å². The molecule has 0 rings (SSSR count). The topological polar surface area (TPSA) is 78.9 Å². The highest BCUT2D eigenvalue weighted by Crippen LogP contribution is 2.19. The van der Waals surface area contributed by atoms with E-state index in [1.807, 2.05) is 0 Å². The molecule has 0 aliphatic heterocycles. The molecule has 0 N–H and O–H groups in total. The highest BCUT2D eigenvalue weighted by atomic mass is 16.6. The maximum absolute atomic E-state index is 12.9. The molecule has 0 aromatic rings. The molecular formula is C73H138O6. The molecule has 1 unspecified atom stereocenters. The molecule has 0 amide bonds. The minimum absolute atomic E-state index is 0.0677. The summed E-state index contributed by atoms with van der Waals surface area (Å²) in [6, 6.07) is 0. The number of carbonyl (C=O) groups excluding carboxylic acids is 3. The van der Waals surface area contributed by atoms with Gasteiger partial charge in [-0.15, -0.1) is 0 Å². The standard InChI is InChI=1S/C73H138O6/c1-4-7-10-13-16-19-22-25-28-30-32-34-35-36-37-38-39-40-42-43-45-48-51-54-57-60-63-66-72(75)78-69-70(68-77-71(74)65-62-59-56-53-50-47-27-24-21-18-15-12-9-6-3)79-73(76)67-64-61-58-55-52-49-46-44-41-33-31-29-26-23-20-17-14-11-8-5-2/h24,27,30,32,70H,4-23,25-26,28-29,31,33-69H2,1-3H3/b27-24-,32-30-. The van der Waals surface area contributed by atoms with E-state index in [4.69, 9.17) is 14.2 Å². The van der Waals surface area contributed by atoms with Crippen LogP contribution in [0.5, 0.6) is 0 Å². The Kier molecular flexibility index (Phi) is 66.6. The summed E-state index contributed by atoms with van der Waals surface area (Å²) < 4.78 is 17.0. The third kappa shape index (κ3) is 66.6. The van der Waals surface area contributed by atoms with Crippen LogP contribution in [0.3, 0.4) is 0 Å². The highest BCUT2D eigenvalue weighted by Gasteiger charge is 2.19. The van der Waals surface area contributed by atoms with E-state index >= 15 is 0 Å². The van der Waals surface area contributed by atoms with Crippen LogP contribution in [0.25, 0.3) is 0 Å². The molecule has 0 aliphatic carbocycles. The number of unbranched alkanes of at least 4 members (excludes halogenated alkanes) is 52.